The molecule has 4 rings (SSSR count). The first kappa shape index (κ1) is 28.1. The molecule has 1 heterocycles. The summed E-state index contributed by atoms with van der Waals surface area (Å²) in [4.78, 5) is 32.9. The number of aromatic nitrogens is 2. The zero-order valence-electron chi connectivity index (χ0n) is 23.6. The maximum atomic E-state index is 13.5. The molecule has 0 bridgehead atoms. The van der Waals surface area contributed by atoms with Crippen molar-refractivity contribution < 1.29 is 9.59 Å². The van der Waals surface area contributed by atoms with Crippen LogP contribution in [0.3, 0.4) is 0 Å². The number of nitrogens with zero attached hydrogens (tertiary/aromatic N) is 3. The lowest BCUT2D eigenvalue weighted by Crippen LogP contribution is -2.38. The number of amides is 2. The minimum atomic E-state index is -0.0157. The smallest absolute Gasteiger partial charge is 0.251 e. The Bertz CT molecular complexity index is 1410. The van der Waals surface area contributed by atoms with Crippen molar-refractivity contribution in [3.63, 3.8) is 0 Å². The molecule has 0 aliphatic carbocycles. The third-order valence-electron chi connectivity index (χ3n) is 7.16. The van der Waals surface area contributed by atoms with E-state index >= 15 is 0 Å². The van der Waals surface area contributed by atoms with Crippen molar-refractivity contribution in [1.29, 1.82) is 0 Å². The number of carbonyl (C=O) groups excluding carboxylic acids is 2. The lowest BCUT2D eigenvalue weighted by molar-refractivity contribution is -0.134. The van der Waals surface area contributed by atoms with Gasteiger partial charge >= 0.3 is 0 Å². The van der Waals surface area contributed by atoms with E-state index in [1.165, 1.54) is 0 Å². The van der Waals surface area contributed by atoms with Gasteiger partial charge in [0.2, 0.25) is 5.91 Å². The van der Waals surface area contributed by atoms with Gasteiger partial charge in [0.1, 0.15) is 12.4 Å². The number of carbonyl (C=O) groups is 2. The lowest BCUT2D eigenvalue weighted by atomic mass is 10.1. The van der Waals surface area contributed by atoms with Crippen molar-refractivity contribution >= 4 is 22.8 Å². The highest BCUT2D eigenvalue weighted by Crippen LogP contribution is 2.19. The zero-order valence-corrected chi connectivity index (χ0v) is 23.6. The Balaban J connectivity index is 1.35. The molecule has 6 heteroatoms. The summed E-state index contributed by atoms with van der Waals surface area (Å²) in [6.45, 7) is 9.63. The number of imidazole rings is 1. The Labute approximate surface area is 232 Å². The van der Waals surface area contributed by atoms with Crippen LogP contribution in [0.25, 0.3) is 11.0 Å². The lowest BCUT2D eigenvalue weighted by Gasteiger charge is -2.27. The fraction of sp³-hybridized carbons (Fsp3) is 0.364. The Morgan fingerprint density at radius 3 is 2.41 bits per heavy atom. The van der Waals surface area contributed by atoms with Crippen LogP contribution in [-0.4, -0.2) is 38.9 Å². The molecule has 0 atom stereocenters. The van der Waals surface area contributed by atoms with Gasteiger partial charge < -0.3 is 14.8 Å². The number of aryl methyl sites for hydroxylation is 3. The molecule has 0 unspecified atom stereocenters. The van der Waals surface area contributed by atoms with E-state index in [1.54, 1.807) is 0 Å². The second-order valence-electron chi connectivity index (χ2n) is 10.6. The molecule has 0 spiro atoms. The van der Waals surface area contributed by atoms with Gasteiger partial charge in [0.25, 0.3) is 5.91 Å². The van der Waals surface area contributed by atoms with E-state index in [-0.39, 0.29) is 24.4 Å². The van der Waals surface area contributed by atoms with Gasteiger partial charge in [0, 0.05) is 31.1 Å². The van der Waals surface area contributed by atoms with Crippen molar-refractivity contribution in [2.24, 2.45) is 0 Å². The molecule has 1 aromatic heterocycles. The van der Waals surface area contributed by atoms with Crippen LogP contribution in [0.2, 0.25) is 0 Å². The van der Waals surface area contributed by atoms with E-state index < -0.39 is 0 Å². The second-order valence-corrected chi connectivity index (χ2v) is 10.6. The summed E-state index contributed by atoms with van der Waals surface area (Å²) < 4.78 is 2.08. The minimum Gasteiger partial charge on any atom is -0.352 e. The summed E-state index contributed by atoms with van der Waals surface area (Å²) in [6.07, 6.45) is 3.59. The summed E-state index contributed by atoms with van der Waals surface area (Å²) >= 11 is 0. The van der Waals surface area contributed by atoms with Crippen LogP contribution < -0.4 is 5.32 Å². The number of benzene rings is 3. The van der Waals surface area contributed by atoms with E-state index in [1.807, 2.05) is 79.4 Å². The monoisotopic (exact) mass is 524 g/mol. The zero-order chi connectivity index (χ0) is 27.8. The quantitative estimate of drug-likeness (QED) is 0.223. The van der Waals surface area contributed by atoms with Crippen molar-refractivity contribution in [2.75, 3.05) is 6.54 Å². The number of hydrogen-bond acceptors (Lipinski definition) is 3. The molecule has 39 heavy (non-hydrogen) atoms. The average Bonchev–Trinajstić information content (AvgIpc) is 3.26. The molecule has 0 saturated heterocycles. The maximum absolute atomic E-state index is 13.5. The first-order chi connectivity index (χ1) is 18.8. The molecule has 1 N–H and O–H groups in total. The van der Waals surface area contributed by atoms with Gasteiger partial charge in [0.15, 0.2) is 0 Å². The summed E-state index contributed by atoms with van der Waals surface area (Å²) in [6, 6.07) is 24.2. The normalized spacial score (nSPS) is 11.2. The molecule has 2 amide bonds. The molecule has 0 saturated carbocycles. The van der Waals surface area contributed by atoms with Crippen LogP contribution in [0.15, 0.2) is 72.8 Å². The van der Waals surface area contributed by atoms with Crippen LogP contribution in [0.4, 0.5) is 0 Å². The number of nitrogens with one attached hydrogen (secondary N) is 1. The third-order valence-corrected chi connectivity index (χ3v) is 7.16. The third kappa shape index (κ3) is 7.34. The predicted octanol–water partition coefficient (Wildman–Crippen LogP) is 6.23. The highest BCUT2D eigenvalue weighted by atomic mass is 16.2. The van der Waals surface area contributed by atoms with Gasteiger partial charge in [-0.3, -0.25) is 9.59 Å². The standard InChI is InChI=1S/C33H40N4O2/c1-24(2)36(22-27-13-7-5-8-14-27)32(38)23-37-30-16-11-10-15-29(30)35-31(37)17-9-6-12-20-34-33(39)28-19-18-25(3)21-26(28)4/h5,7-8,10-11,13-16,18-19,21,24H,6,9,12,17,20,22-23H2,1-4H3,(H,34,39). The Kier molecular flexibility index (Phi) is 9.53. The van der Waals surface area contributed by atoms with E-state index in [0.29, 0.717) is 13.1 Å². The van der Waals surface area contributed by atoms with Gasteiger partial charge in [-0.15, -0.1) is 0 Å². The fourth-order valence-corrected chi connectivity index (χ4v) is 5.01. The van der Waals surface area contributed by atoms with E-state index in [4.69, 9.17) is 4.98 Å². The van der Waals surface area contributed by atoms with Crippen molar-refractivity contribution in [3.05, 3.63) is 101 Å². The van der Waals surface area contributed by atoms with E-state index in [9.17, 15) is 9.59 Å². The summed E-state index contributed by atoms with van der Waals surface area (Å²) in [5.41, 5.74) is 5.93. The van der Waals surface area contributed by atoms with Gasteiger partial charge in [-0.1, -0.05) is 66.6 Å². The van der Waals surface area contributed by atoms with Crippen molar-refractivity contribution in [2.45, 2.75) is 72.5 Å². The van der Waals surface area contributed by atoms with Crippen LogP contribution in [0, 0.1) is 13.8 Å². The topological polar surface area (TPSA) is 67.2 Å². The number of para-hydroxylation sites is 2. The van der Waals surface area contributed by atoms with Gasteiger partial charge in [-0.25, -0.2) is 4.98 Å². The van der Waals surface area contributed by atoms with Crippen LogP contribution >= 0.6 is 0 Å². The molecular formula is C33H40N4O2. The number of hydrogen-bond donors (Lipinski definition) is 1. The van der Waals surface area contributed by atoms with Gasteiger partial charge in [-0.2, -0.15) is 0 Å². The van der Waals surface area contributed by atoms with Crippen molar-refractivity contribution in [1.82, 2.24) is 19.8 Å². The number of fused-ring (bicyclic) bond motifs is 1. The van der Waals surface area contributed by atoms with E-state index in [0.717, 1.165) is 64.8 Å². The molecule has 0 aliphatic heterocycles. The molecule has 204 valence electrons. The molecule has 0 radical (unpaired) electrons. The summed E-state index contributed by atoms with van der Waals surface area (Å²) in [5.74, 6) is 1.01. The molecule has 4 aromatic rings. The summed E-state index contributed by atoms with van der Waals surface area (Å²) in [7, 11) is 0. The Morgan fingerprint density at radius 2 is 1.67 bits per heavy atom. The van der Waals surface area contributed by atoms with Gasteiger partial charge in [0.05, 0.1) is 11.0 Å². The highest BCUT2D eigenvalue weighted by molar-refractivity contribution is 5.95. The minimum absolute atomic E-state index is 0.0157. The highest BCUT2D eigenvalue weighted by Gasteiger charge is 2.20. The molecule has 3 aromatic carbocycles. The van der Waals surface area contributed by atoms with Crippen LogP contribution in [0.1, 0.15) is 66.0 Å². The Morgan fingerprint density at radius 1 is 0.923 bits per heavy atom. The SMILES string of the molecule is Cc1ccc(C(=O)NCCCCCc2nc3ccccc3n2CC(=O)N(Cc2ccccc2)C(C)C)c(C)c1. The second kappa shape index (κ2) is 13.2. The average molecular weight is 525 g/mol. The number of rotatable bonds is 12. The first-order valence-corrected chi connectivity index (χ1v) is 14.0. The first-order valence-electron chi connectivity index (χ1n) is 14.0. The van der Waals surface area contributed by atoms with Gasteiger partial charge in [-0.05, 0) is 69.9 Å². The fourth-order valence-electron chi connectivity index (χ4n) is 5.01. The molecule has 6 nitrogen and oxygen atoms in total. The van der Waals surface area contributed by atoms with Crippen LogP contribution in [0.5, 0.6) is 0 Å². The summed E-state index contributed by atoms with van der Waals surface area (Å²) in [5, 5.41) is 3.05. The van der Waals surface area contributed by atoms with Crippen molar-refractivity contribution in [3.8, 4) is 0 Å². The van der Waals surface area contributed by atoms with Crippen LogP contribution in [-0.2, 0) is 24.3 Å². The predicted molar refractivity (Wildman–Crippen MR) is 158 cm³/mol. The number of unbranched alkanes of at least 4 members (excludes halogenated alkanes) is 2. The molecule has 0 aliphatic rings. The Hall–Kier alpha value is -3.93. The largest absolute Gasteiger partial charge is 0.352 e. The molecule has 0 fully saturated rings. The molecular weight excluding hydrogens is 484 g/mol. The van der Waals surface area contributed by atoms with E-state index in [2.05, 4.69) is 35.9 Å². The maximum Gasteiger partial charge on any atom is 0.251 e.